The van der Waals surface area contributed by atoms with Crippen LogP contribution in [-0.4, -0.2) is 20.7 Å². The van der Waals surface area contributed by atoms with Crippen molar-refractivity contribution in [2.45, 2.75) is 39.2 Å². The smallest absolute Gasteiger partial charge is 0.257 e. The Bertz CT molecular complexity index is 1020. The highest BCUT2D eigenvalue weighted by Crippen LogP contribution is 2.38. The highest BCUT2D eigenvalue weighted by molar-refractivity contribution is 7.16. The minimum atomic E-state index is -0.247. The zero-order valence-electron chi connectivity index (χ0n) is 14.0. The molecule has 1 N–H and O–H groups in total. The van der Waals surface area contributed by atoms with Crippen LogP contribution in [-0.2, 0) is 12.8 Å². The monoisotopic (exact) mass is 351 g/mol. The quantitative estimate of drug-likeness (QED) is 0.780. The van der Waals surface area contributed by atoms with Crippen molar-refractivity contribution >= 4 is 33.3 Å². The maximum Gasteiger partial charge on any atom is 0.257 e. The van der Waals surface area contributed by atoms with Gasteiger partial charge in [-0.15, -0.1) is 11.3 Å². The zero-order chi connectivity index (χ0) is 17.6. The van der Waals surface area contributed by atoms with Crippen LogP contribution in [0.3, 0.4) is 0 Å². The molecule has 1 aliphatic rings. The number of fused-ring (bicyclic) bond motifs is 2. The van der Waals surface area contributed by atoms with Crippen molar-refractivity contribution in [3.63, 3.8) is 0 Å². The van der Waals surface area contributed by atoms with Gasteiger partial charge in [0.1, 0.15) is 11.1 Å². The van der Waals surface area contributed by atoms with E-state index in [0.717, 1.165) is 35.9 Å². The molecule has 126 valence electrons. The van der Waals surface area contributed by atoms with E-state index in [9.17, 15) is 10.1 Å². The molecule has 0 aromatic carbocycles. The summed E-state index contributed by atoms with van der Waals surface area (Å²) in [4.78, 5) is 18.2. The topological polar surface area (TPSA) is 83.6 Å². The molecule has 0 radical (unpaired) electrons. The van der Waals surface area contributed by atoms with Gasteiger partial charge < -0.3 is 5.32 Å². The van der Waals surface area contributed by atoms with E-state index >= 15 is 0 Å². The largest absolute Gasteiger partial charge is 0.312 e. The lowest BCUT2D eigenvalue weighted by atomic mass is 10.1. The predicted molar refractivity (Wildman–Crippen MR) is 96.9 cm³/mol. The second-order valence-electron chi connectivity index (χ2n) is 6.45. The van der Waals surface area contributed by atoms with Gasteiger partial charge in [-0.2, -0.15) is 10.4 Å². The predicted octanol–water partition coefficient (Wildman–Crippen LogP) is 3.69. The highest BCUT2D eigenvalue weighted by atomic mass is 32.1. The molecular formula is C18H17N5OS. The first-order valence-corrected chi connectivity index (χ1v) is 9.09. The molecular weight excluding hydrogens is 334 g/mol. The van der Waals surface area contributed by atoms with Crippen LogP contribution in [0.4, 0.5) is 5.00 Å². The fraction of sp³-hybridized carbons (Fsp3) is 0.333. The Morgan fingerprint density at radius 3 is 3.00 bits per heavy atom. The minimum absolute atomic E-state index is 0.205. The normalized spacial score (nSPS) is 13.2. The Morgan fingerprint density at radius 1 is 1.40 bits per heavy atom. The zero-order valence-corrected chi connectivity index (χ0v) is 14.9. The molecule has 3 aromatic rings. The summed E-state index contributed by atoms with van der Waals surface area (Å²) >= 11 is 1.52. The fourth-order valence-corrected chi connectivity index (χ4v) is 4.46. The molecule has 0 saturated carbocycles. The highest BCUT2D eigenvalue weighted by Gasteiger charge is 2.23. The molecule has 0 atom stereocenters. The molecule has 1 amide bonds. The summed E-state index contributed by atoms with van der Waals surface area (Å²) in [6, 6.07) is 4.24. The van der Waals surface area contributed by atoms with E-state index in [0.29, 0.717) is 16.1 Å². The number of carbonyl (C=O) groups is 1. The summed E-state index contributed by atoms with van der Waals surface area (Å²) < 4.78 is 1.83. The summed E-state index contributed by atoms with van der Waals surface area (Å²) in [5.41, 5.74) is 2.95. The number of thiophene rings is 1. The van der Waals surface area contributed by atoms with Crippen LogP contribution >= 0.6 is 11.3 Å². The van der Waals surface area contributed by atoms with Gasteiger partial charge in [-0.1, -0.05) is 0 Å². The number of amides is 1. The number of pyridine rings is 1. The number of hydrogen-bond acceptors (Lipinski definition) is 5. The number of rotatable bonds is 3. The number of anilines is 1. The summed E-state index contributed by atoms with van der Waals surface area (Å²) in [6.45, 7) is 4.07. The van der Waals surface area contributed by atoms with Crippen molar-refractivity contribution in [3.05, 3.63) is 40.0 Å². The summed E-state index contributed by atoms with van der Waals surface area (Å²) in [5, 5.41) is 18.1. The first kappa shape index (κ1) is 15.8. The number of nitrogens with zero attached hydrogens (tertiary/aromatic N) is 4. The van der Waals surface area contributed by atoms with Gasteiger partial charge >= 0.3 is 0 Å². The van der Waals surface area contributed by atoms with Crippen LogP contribution in [0, 0.1) is 11.3 Å². The molecule has 0 fully saturated rings. The molecule has 0 unspecified atom stereocenters. The van der Waals surface area contributed by atoms with Crippen molar-refractivity contribution in [2.24, 2.45) is 0 Å². The maximum atomic E-state index is 12.6. The van der Waals surface area contributed by atoms with Gasteiger partial charge in [0, 0.05) is 22.5 Å². The molecule has 6 nitrogen and oxygen atoms in total. The van der Waals surface area contributed by atoms with Crippen molar-refractivity contribution in [2.75, 3.05) is 5.32 Å². The lowest BCUT2D eigenvalue weighted by Gasteiger charge is -2.07. The minimum Gasteiger partial charge on any atom is -0.312 e. The molecule has 25 heavy (non-hydrogen) atoms. The Balaban J connectivity index is 1.64. The third-order valence-electron chi connectivity index (χ3n) is 4.44. The van der Waals surface area contributed by atoms with E-state index in [1.54, 1.807) is 18.5 Å². The van der Waals surface area contributed by atoms with E-state index < -0.39 is 0 Å². The first-order valence-electron chi connectivity index (χ1n) is 8.27. The lowest BCUT2D eigenvalue weighted by Crippen LogP contribution is -2.12. The second-order valence-corrected chi connectivity index (χ2v) is 7.55. The third kappa shape index (κ3) is 2.59. The number of hydrogen-bond donors (Lipinski definition) is 1. The molecule has 4 rings (SSSR count). The van der Waals surface area contributed by atoms with Crippen LogP contribution in [0.25, 0.3) is 11.0 Å². The van der Waals surface area contributed by atoms with Crippen LogP contribution < -0.4 is 5.32 Å². The van der Waals surface area contributed by atoms with Crippen LogP contribution in [0.15, 0.2) is 18.5 Å². The van der Waals surface area contributed by atoms with E-state index in [1.165, 1.54) is 16.2 Å². The number of nitrogens with one attached hydrogen (secondary N) is 1. The van der Waals surface area contributed by atoms with Gasteiger partial charge in [-0.3, -0.25) is 4.79 Å². The molecule has 7 heteroatoms. The van der Waals surface area contributed by atoms with Gasteiger partial charge in [0.05, 0.1) is 17.3 Å². The van der Waals surface area contributed by atoms with Crippen LogP contribution in [0.1, 0.15) is 52.7 Å². The Labute approximate surface area is 149 Å². The van der Waals surface area contributed by atoms with Crippen molar-refractivity contribution in [1.82, 2.24) is 14.8 Å². The van der Waals surface area contributed by atoms with Crippen LogP contribution in [0.2, 0.25) is 0 Å². The van der Waals surface area contributed by atoms with E-state index in [2.05, 4.69) is 21.5 Å². The Morgan fingerprint density at radius 2 is 2.24 bits per heavy atom. The molecule has 3 aromatic heterocycles. The molecule has 0 bridgehead atoms. The first-order chi connectivity index (χ1) is 12.1. The van der Waals surface area contributed by atoms with Crippen molar-refractivity contribution in [1.29, 1.82) is 5.26 Å². The number of aryl methyl sites for hydroxylation is 1. The number of aromatic nitrogens is 3. The van der Waals surface area contributed by atoms with Crippen molar-refractivity contribution < 1.29 is 4.79 Å². The van der Waals surface area contributed by atoms with E-state index in [-0.39, 0.29) is 11.9 Å². The van der Waals surface area contributed by atoms with Gasteiger partial charge in [0.25, 0.3) is 5.91 Å². The SMILES string of the molecule is CC(C)n1ncc2cc(C(=O)Nc3sc4c(c3C#N)CCC4)cnc21. The van der Waals surface area contributed by atoms with Crippen LogP contribution in [0.5, 0.6) is 0 Å². The van der Waals surface area contributed by atoms with Gasteiger partial charge in [0.2, 0.25) is 0 Å². The number of nitriles is 1. The summed E-state index contributed by atoms with van der Waals surface area (Å²) in [6.07, 6.45) is 6.29. The third-order valence-corrected chi connectivity index (χ3v) is 5.65. The molecule has 0 saturated heterocycles. The summed E-state index contributed by atoms with van der Waals surface area (Å²) in [7, 11) is 0. The number of carbonyl (C=O) groups excluding carboxylic acids is 1. The van der Waals surface area contributed by atoms with Gasteiger partial charge in [0.15, 0.2) is 5.65 Å². The maximum absolute atomic E-state index is 12.6. The lowest BCUT2D eigenvalue weighted by molar-refractivity contribution is 0.102. The molecule has 0 aliphatic heterocycles. The average molecular weight is 351 g/mol. The Hall–Kier alpha value is -2.72. The summed E-state index contributed by atoms with van der Waals surface area (Å²) in [5.74, 6) is -0.247. The van der Waals surface area contributed by atoms with E-state index in [1.807, 2.05) is 18.5 Å². The van der Waals surface area contributed by atoms with E-state index in [4.69, 9.17) is 0 Å². The molecule has 3 heterocycles. The molecule has 0 spiro atoms. The van der Waals surface area contributed by atoms with Gasteiger partial charge in [-0.05, 0) is 44.7 Å². The molecule has 1 aliphatic carbocycles. The fourth-order valence-electron chi connectivity index (χ4n) is 3.23. The van der Waals surface area contributed by atoms with Gasteiger partial charge in [-0.25, -0.2) is 9.67 Å². The standard InChI is InChI=1S/C18H17N5OS/c1-10(2)23-16-11(9-21-23)6-12(8-20-16)17(24)22-18-14(7-19)13-4-3-5-15(13)25-18/h6,8-10H,3-5H2,1-2H3,(H,22,24). The second kappa shape index (κ2) is 5.97. The average Bonchev–Trinajstić information content (AvgIpc) is 3.27. The Kier molecular flexibility index (Phi) is 3.77. The van der Waals surface area contributed by atoms with Crippen molar-refractivity contribution in [3.8, 4) is 6.07 Å².